The van der Waals surface area contributed by atoms with Gasteiger partial charge in [0.05, 0.1) is 6.54 Å². The second kappa shape index (κ2) is 5.32. The highest BCUT2D eigenvalue weighted by Gasteiger charge is 2.29. The Morgan fingerprint density at radius 3 is 3.00 bits per heavy atom. The Bertz CT molecular complexity index is 377. The maximum absolute atomic E-state index is 11.9. The minimum absolute atomic E-state index is 0.231. The Balaban J connectivity index is 1.83. The Morgan fingerprint density at radius 2 is 2.44 bits per heavy atom. The quantitative estimate of drug-likeness (QED) is 0.909. The Hall–Kier alpha value is -0.350. The predicted molar refractivity (Wildman–Crippen MR) is 70.4 cm³/mol. The SMILES string of the molecule is CC1CCCC1C(=O)NCc1cc(Br)cs1. The molecule has 1 saturated carbocycles. The summed E-state index contributed by atoms with van der Waals surface area (Å²) in [7, 11) is 0. The van der Waals surface area contributed by atoms with E-state index in [1.54, 1.807) is 11.3 Å². The summed E-state index contributed by atoms with van der Waals surface area (Å²) < 4.78 is 1.09. The van der Waals surface area contributed by atoms with Crippen LogP contribution >= 0.6 is 27.3 Å². The molecule has 0 aliphatic heterocycles. The summed E-state index contributed by atoms with van der Waals surface area (Å²) in [6, 6.07) is 2.06. The van der Waals surface area contributed by atoms with Gasteiger partial charge in [0, 0.05) is 20.6 Å². The minimum atomic E-state index is 0.231. The second-order valence-corrected chi connectivity index (χ2v) is 6.38. The van der Waals surface area contributed by atoms with E-state index in [0.717, 1.165) is 10.9 Å². The van der Waals surface area contributed by atoms with E-state index >= 15 is 0 Å². The van der Waals surface area contributed by atoms with Gasteiger partial charge < -0.3 is 5.32 Å². The van der Waals surface area contributed by atoms with E-state index in [1.165, 1.54) is 17.7 Å². The van der Waals surface area contributed by atoms with Crippen LogP contribution < -0.4 is 5.32 Å². The van der Waals surface area contributed by atoms with Crippen molar-refractivity contribution in [2.24, 2.45) is 11.8 Å². The van der Waals surface area contributed by atoms with Crippen molar-refractivity contribution in [3.63, 3.8) is 0 Å². The van der Waals surface area contributed by atoms with Crippen molar-refractivity contribution in [1.29, 1.82) is 0 Å². The first-order valence-electron chi connectivity index (χ1n) is 5.67. The number of halogens is 1. The van der Waals surface area contributed by atoms with Crippen LogP contribution in [0.25, 0.3) is 0 Å². The molecule has 0 saturated heterocycles. The predicted octanol–water partition coefficient (Wildman–Crippen LogP) is 3.56. The summed E-state index contributed by atoms with van der Waals surface area (Å²) in [5.41, 5.74) is 0. The van der Waals surface area contributed by atoms with Crippen LogP contribution in [-0.4, -0.2) is 5.91 Å². The highest BCUT2D eigenvalue weighted by atomic mass is 79.9. The molecule has 1 amide bonds. The summed E-state index contributed by atoms with van der Waals surface area (Å²) in [6.45, 7) is 2.84. The van der Waals surface area contributed by atoms with Crippen LogP contribution in [0.15, 0.2) is 15.9 Å². The number of hydrogen-bond acceptors (Lipinski definition) is 2. The first-order chi connectivity index (χ1) is 7.66. The molecule has 0 radical (unpaired) electrons. The third kappa shape index (κ3) is 2.86. The number of carbonyl (C=O) groups is 1. The van der Waals surface area contributed by atoms with Gasteiger partial charge in [-0.15, -0.1) is 11.3 Å². The molecule has 2 nitrogen and oxygen atoms in total. The van der Waals surface area contributed by atoms with Gasteiger partial charge in [-0.05, 0) is 40.8 Å². The molecule has 1 N–H and O–H groups in total. The fourth-order valence-corrected chi connectivity index (χ4v) is 3.68. The van der Waals surface area contributed by atoms with Crippen molar-refractivity contribution in [2.45, 2.75) is 32.7 Å². The molecule has 16 heavy (non-hydrogen) atoms. The van der Waals surface area contributed by atoms with Crippen LogP contribution in [0.4, 0.5) is 0 Å². The molecule has 0 aromatic carbocycles. The average molecular weight is 302 g/mol. The molecule has 1 aromatic heterocycles. The largest absolute Gasteiger partial charge is 0.351 e. The minimum Gasteiger partial charge on any atom is -0.351 e. The van der Waals surface area contributed by atoms with Crippen molar-refractivity contribution in [3.05, 3.63) is 20.8 Å². The molecule has 1 fully saturated rings. The van der Waals surface area contributed by atoms with Gasteiger partial charge in [-0.1, -0.05) is 13.3 Å². The maximum Gasteiger partial charge on any atom is 0.223 e. The zero-order valence-electron chi connectivity index (χ0n) is 9.33. The van der Waals surface area contributed by atoms with E-state index in [0.29, 0.717) is 12.5 Å². The zero-order chi connectivity index (χ0) is 11.5. The van der Waals surface area contributed by atoms with E-state index in [1.807, 2.05) is 5.38 Å². The van der Waals surface area contributed by atoms with Crippen molar-refractivity contribution >= 4 is 33.2 Å². The molecule has 1 aliphatic rings. The average Bonchev–Trinajstić information content (AvgIpc) is 2.84. The van der Waals surface area contributed by atoms with Gasteiger partial charge in [0.2, 0.25) is 5.91 Å². The fraction of sp³-hybridized carbons (Fsp3) is 0.583. The van der Waals surface area contributed by atoms with Gasteiger partial charge in [-0.2, -0.15) is 0 Å². The molecule has 4 heteroatoms. The van der Waals surface area contributed by atoms with Crippen molar-refractivity contribution in [2.75, 3.05) is 0 Å². The molecule has 1 aromatic rings. The fourth-order valence-electron chi connectivity index (χ4n) is 2.29. The van der Waals surface area contributed by atoms with Crippen LogP contribution in [0, 0.1) is 11.8 Å². The third-order valence-electron chi connectivity index (χ3n) is 3.26. The van der Waals surface area contributed by atoms with Crippen molar-refractivity contribution in [3.8, 4) is 0 Å². The first-order valence-corrected chi connectivity index (χ1v) is 7.34. The molecule has 2 unspecified atom stereocenters. The molecular weight excluding hydrogens is 286 g/mol. The van der Waals surface area contributed by atoms with E-state index in [2.05, 4.69) is 34.2 Å². The number of hydrogen-bond donors (Lipinski definition) is 1. The molecule has 0 spiro atoms. The van der Waals surface area contributed by atoms with Crippen LogP contribution in [0.1, 0.15) is 31.1 Å². The van der Waals surface area contributed by atoms with E-state index in [-0.39, 0.29) is 11.8 Å². The topological polar surface area (TPSA) is 29.1 Å². The second-order valence-electron chi connectivity index (χ2n) is 4.46. The summed E-state index contributed by atoms with van der Waals surface area (Å²) in [6.07, 6.45) is 3.45. The van der Waals surface area contributed by atoms with Crippen molar-refractivity contribution in [1.82, 2.24) is 5.32 Å². The number of amides is 1. The van der Waals surface area contributed by atoms with E-state index in [4.69, 9.17) is 0 Å². The van der Waals surface area contributed by atoms with Crippen LogP contribution in [-0.2, 0) is 11.3 Å². The van der Waals surface area contributed by atoms with Gasteiger partial charge in [0.25, 0.3) is 0 Å². The standard InChI is InChI=1S/C12H16BrNOS/c1-8-3-2-4-11(8)12(15)14-6-10-5-9(13)7-16-10/h5,7-8,11H,2-4,6H2,1H3,(H,14,15). The molecule has 2 atom stereocenters. The van der Waals surface area contributed by atoms with Gasteiger partial charge in [0.15, 0.2) is 0 Å². The number of nitrogens with one attached hydrogen (secondary N) is 1. The summed E-state index contributed by atoms with van der Waals surface area (Å²) >= 11 is 5.09. The first kappa shape index (κ1) is 12.1. The van der Waals surface area contributed by atoms with E-state index < -0.39 is 0 Å². The van der Waals surface area contributed by atoms with Gasteiger partial charge in [0.1, 0.15) is 0 Å². The monoisotopic (exact) mass is 301 g/mol. The van der Waals surface area contributed by atoms with Crippen LogP contribution in [0.2, 0.25) is 0 Å². The normalized spacial score (nSPS) is 24.6. The Labute approximate surface area is 109 Å². The Morgan fingerprint density at radius 1 is 1.62 bits per heavy atom. The van der Waals surface area contributed by atoms with Crippen LogP contribution in [0.3, 0.4) is 0 Å². The highest BCUT2D eigenvalue weighted by Crippen LogP contribution is 2.31. The molecule has 2 rings (SSSR count). The lowest BCUT2D eigenvalue weighted by Gasteiger charge is -2.14. The summed E-state index contributed by atoms with van der Waals surface area (Å²) in [5.74, 6) is 1.02. The number of rotatable bonds is 3. The van der Waals surface area contributed by atoms with Crippen molar-refractivity contribution < 1.29 is 4.79 Å². The third-order valence-corrected chi connectivity index (χ3v) is 4.95. The molecule has 88 valence electrons. The lowest BCUT2D eigenvalue weighted by molar-refractivity contribution is -0.126. The molecule has 1 heterocycles. The molecule has 1 aliphatic carbocycles. The summed E-state index contributed by atoms with van der Waals surface area (Å²) in [5, 5.41) is 5.08. The smallest absolute Gasteiger partial charge is 0.223 e. The lowest BCUT2D eigenvalue weighted by Crippen LogP contribution is -2.31. The van der Waals surface area contributed by atoms with Crippen LogP contribution in [0.5, 0.6) is 0 Å². The zero-order valence-corrected chi connectivity index (χ0v) is 11.7. The molecule has 0 bridgehead atoms. The van der Waals surface area contributed by atoms with Gasteiger partial charge >= 0.3 is 0 Å². The van der Waals surface area contributed by atoms with Gasteiger partial charge in [-0.25, -0.2) is 0 Å². The highest BCUT2D eigenvalue weighted by molar-refractivity contribution is 9.10. The Kier molecular flexibility index (Phi) is 4.03. The number of carbonyl (C=O) groups excluding carboxylic acids is 1. The van der Waals surface area contributed by atoms with Gasteiger partial charge in [-0.3, -0.25) is 4.79 Å². The maximum atomic E-state index is 11.9. The summed E-state index contributed by atoms with van der Waals surface area (Å²) in [4.78, 5) is 13.1. The molecular formula is C12H16BrNOS. The number of thiophene rings is 1. The van der Waals surface area contributed by atoms with E-state index in [9.17, 15) is 4.79 Å². The lowest BCUT2D eigenvalue weighted by atomic mass is 9.97.